The monoisotopic (exact) mass is 291 g/mol. The van der Waals surface area contributed by atoms with Gasteiger partial charge in [0.05, 0.1) is 4.92 Å². The maximum absolute atomic E-state index is 11.0. The molecule has 0 aromatic carbocycles. The Morgan fingerprint density at radius 3 is 2.57 bits per heavy atom. The van der Waals surface area contributed by atoms with Crippen molar-refractivity contribution >= 4 is 11.7 Å². The Balaban J connectivity index is 2.59. The van der Waals surface area contributed by atoms with Crippen molar-refractivity contribution in [3.63, 3.8) is 0 Å². The smallest absolute Gasteiger partial charge is 0.363 e. The molecule has 0 atom stereocenters. The number of nitro groups is 1. The van der Waals surface area contributed by atoms with Crippen LogP contribution in [0.5, 0.6) is 0 Å². The van der Waals surface area contributed by atoms with Crippen molar-refractivity contribution in [2.45, 2.75) is 26.7 Å². The Morgan fingerprint density at radius 1 is 1.43 bits per heavy atom. The van der Waals surface area contributed by atoms with Crippen LogP contribution in [0.25, 0.3) is 5.95 Å². The fourth-order valence-corrected chi connectivity index (χ4v) is 1.73. The number of carboxylic acid groups (broad SMARTS) is 1. The SMILES string of the molecule is Cc1cc(C(C)C)nc(-n2cc([N+](=O)[O-])c(C(=O)O)n2)n1. The fourth-order valence-electron chi connectivity index (χ4n) is 1.73. The van der Waals surface area contributed by atoms with Crippen LogP contribution >= 0.6 is 0 Å². The predicted molar refractivity (Wildman–Crippen MR) is 71.6 cm³/mol. The van der Waals surface area contributed by atoms with Crippen molar-refractivity contribution in [2.24, 2.45) is 0 Å². The number of carboxylic acids is 1. The highest BCUT2D eigenvalue weighted by molar-refractivity contribution is 5.89. The molecule has 2 aromatic heterocycles. The topological polar surface area (TPSA) is 124 Å². The molecule has 0 fully saturated rings. The second kappa shape index (κ2) is 5.27. The van der Waals surface area contributed by atoms with Crippen molar-refractivity contribution in [1.29, 1.82) is 0 Å². The number of aromatic carboxylic acids is 1. The van der Waals surface area contributed by atoms with Crippen LogP contribution in [0.3, 0.4) is 0 Å². The van der Waals surface area contributed by atoms with Gasteiger partial charge in [-0.15, -0.1) is 0 Å². The Bertz CT molecular complexity index is 691. The first kappa shape index (κ1) is 14.6. The summed E-state index contributed by atoms with van der Waals surface area (Å²) in [6, 6.07) is 1.80. The molecule has 9 nitrogen and oxygen atoms in total. The maximum atomic E-state index is 11.0. The molecule has 0 unspecified atom stereocenters. The van der Waals surface area contributed by atoms with Gasteiger partial charge in [-0.2, -0.15) is 9.78 Å². The largest absolute Gasteiger partial charge is 0.476 e. The summed E-state index contributed by atoms with van der Waals surface area (Å²) in [6.45, 7) is 5.65. The molecule has 21 heavy (non-hydrogen) atoms. The van der Waals surface area contributed by atoms with Crippen molar-refractivity contribution < 1.29 is 14.8 Å². The highest BCUT2D eigenvalue weighted by Gasteiger charge is 2.26. The predicted octanol–water partition coefficient (Wildman–Crippen LogP) is 1.70. The molecular weight excluding hydrogens is 278 g/mol. The van der Waals surface area contributed by atoms with Crippen LogP contribution in [-0.4, -0.2) is 35.7 Å². The van der Waals surface area contributed by atoms with Crippen LogP contribution in [0.2, 0.25) is 0 Å². The summed E-state index contributed by atoms with van der Waals surface area (Å²) in [5, 5.41) is 23.5. The molecular formula is C12H13N5O4. The molecule has 0 aliphatic rings. The van der Waals surface area contributed by atoms with Crippen molar-refractivity contribution in [2.75, 3.05) is 0 Å². The highest BCUT2D eigenvalue weighted by Crippen LogP contribution is 2.20. The summed E-state index contributed by atoms with van der Waals surface area (Å²) in [6.07, 6.45) is 1.00. The summed E-state index contributed by atoms with van der Waals surface area (Å²) in [5.41, 5.74) is 0.168. The first-order chi connectivity index (χ1) is 9.79. The van der Waals surface area contributed by atoms with Gasteiger partial charge in [-0.25, -0.2) is 14.8 Å². The van der Waals surface area contributed by atoms with E-state index in [1.54, 1.807) is 13.0 Å². The van der Waals surface area contributed by atoms with Crippen LogP contribution in [0.15, 0.2) is 12.3 Å². The second-order valence-corrected chi connectivity index (χ2v) is 4.76. The Hall–Kier alpha value is -2.84. The third kappa shape index (κ3) is 2.86. The van der Waals surface area contributed by atoms with Crippen LogP contribution < -0.4 is 0 Å². The van der Waals surface area contributed by atoms with E-state index in [4.69, 9.17) is 5.11 Å². The van der Waals surface area contributed by atoms with Gasteiger partial charge >= 0.3 is 11.7 Å². The van der Waals surface area contributed by atoms with Gasteiger partial charge in [0, 0.05) is 11.4 Å². The van der Waals surface area contributed by atoms with Gasteiger partial charge in [0.25, 0.3) is 5.95 Å². The molecule has 1 N–H and O–H groups in total. The van der Waals surface area contributed by atoms with Crippen molar-refractivity contribution in [1.82, 2.24) is 19.7 Å². The van der Waals surface area contributed by atoms with E-state index in [2.05, 4.69) is 15.1 Å². The number of hydrogen-bond acceptors (Lipinski definition) is 6. The summed E-state index contributed by atoms with van der Waals surface area (Å²) in [4.78, 5) is 29.4. The minimum absolute atomic E-state index is 0.106. The molecule has 0 radical (unpaired) electrons. The van der Waals surface area contributed by atoms with E-state index in [-0.39, 0.29) is 11.9 Å². The van der Waals surface area contributed by atoms with Crippen molar-refractivity contribution in [3.8, 4) is 5.95 Å². The molecule has 0 aliphatic heterocycles. The normalized spacial score (nSPS) is 10.9. The zero-order valence-corrected chi connectivity index (χ0v) is 11.6. The zero-order valence-electron chi connectivity index (χ0n) is 11.6. The minimum atomic E-state index is -1.47. The van der Waals surface area contributed by atoms with E-state index in [0.29, 0.717) is 5.69 Å². The van der Waals surface area contributed by atoms with Crippen LogP contribution in [0.4, 0.5) is 5.69 Å². The van der Waals surface area contributed by atoms with E-state index < -0.39 is 22.3 Å². The number of aryl methyl sites for hydroxylation is 1. The Kier molecular flexibility index (Phi) is 3.66. The third-order valence-corrected chi connectivity index (χ3v) is 2.75. The molecule has 0 spiro atoms. The summed E-state index contributed by atoms with van der Waals surface area (Å²) in [7, 11) is 0. The lowest BCUT2D eigenvalue weighted by molar-refractivity contribution is -0.385. The number of rotatable bonds is 4. The molecule has 0 aliphatic carbocycles. The molecule has 0 bridgehead atoms. The summed E-state index contributed by atoms with van der Waals surface area (Å²) in [5.74, 6) is -1.23. The average Bonchev–Trinajstić information content (AvgIpc) is 2.83. The summed E-state index contributed by atoms with van der Waals surface area (Å²) >= 11 is 0. The molecule has 2 heterocycles. The lowest BCUT2D eigenvalue weighted by Crippen LogP contribution is -2.08. The molecule has 110 valence electrons. The number of hydrogen-bond donors (Lipinski definition) is 1. The van der Waals surface area contributed by atoms with Gasteiger partial charge in [-0.05, 0) is 18.9 Å². The molecule has 0 saturated carbocycles. The van der Waals surface area contributed by atoms with Gasteiger partial charge in [0.15, 0.2) is 0 Å². The molecule has 0 amide bonds. The lowest BCUT2D eigenvalue weighted by Gasteiger charge is -2.07. The maximum Gasteiger partial charge on any atom is 0.363 e. The highest BCUT2D eigenvalue weighted by atomic mass is 16.6. The minimum Gasteiger partial charge on any atom is -0.476 e. The average molecular weight is 291 g/mol. The first-order valence-corrected chi connectivity index (χ1v) is 6.13. The van der Waals surface area contributed by atoms with Gasteiger partial charge in [-0.1, -0.05) is 13.8 Å². The summed E-state index contributed by atoms with van der Waals surface area (Å²) < 4.78 is 1.01. The zero-order chi connectivity index (χ0) is 15.7. The number of aromatic nitrogens is 4. The Labute approximate surface area is 119 Å². The Morgan fingerprint density at radius 2 is 2.10 bits per heavy atom. The second-order valence-electron chi connectivity index (χ2n) is 4.76. The fraction of sp³-hybridized carbons (Fsp3) is 0.333. The lowest BCUT2D eigenvalue weighted by atomic mass is 10.1. The van der Waals surface area contributed by atoms with E-state index in [1.807, 2.05) is 13.8 Å². The molecule has 2 rings (SSSR count). The first-order valence-electron chi connectivity index (χ1n) is 6.13. The van der Waals surface area contributed by atoms with Gasteiger partial charge in [0.2, 0.25) is 5.69 Å². The van der Waals surface area contributed by atoms with Crippen molar-refractivity contribution in [3.05, 3.63) is 39.5 Å². The van der Waals surface area contributed by atoms with Crippen LogP contribution in [0.1, 0.15) is 41.6 Å². The van der Waals surface area contributed by atoms with Crippen LogP contribution in [-0.2, 0) is 0 Å². The van der Waals surface area contributed by atoms with E-state index in [1.165, 1.54) is 0 Å². The van der Waals surface area contributed by atoms with E-state index in [9.17, 15) is 14.9 Å². The molecule has 2 aromatic rings. The molecule has 9 heteroatoms. The van der Waals surface area contributed by atoms with Gasteiger partial charge < -0.3 is 5.11 Å². The number of nitrogens with zero attached hydrogens (tertiary/aromatic N) is 5. The third-order valence-electron chi connectivity index (χ3n) is 2.75. The molecule has 0 saturated heterocycles. The van der Waals surface area contributed by atoms with Gasteiger partial charge in [0.1, 0.15) is 6.20 Å². The standard InChI is InChI=1S/C12H13N5O4/c1-6(2)8-4-7(3)13-12(14-8)16-5-9(17(20)21)10(15-16)11(18)19/h4-6H,1-3H3,(H,18,19). The quantitative estimate of drug-likeness (QED) is 0.671. The van der Waals surface area contributed by atoms with E-state index >= 15 is 0 Å². The van der Waals surface area contributed by atoms with Crippen LogP contribution in [0, 0.1) is 17.0 Å². The number of carbonyl (C=O) groups is 1. The van der Waals surface area contributed by atoms with E-state index in [0.717, 1.165) is 16.6 Å². The van der Waals surface area contributed by atoms with Gasteiger partial charge in [-0.3, -0.25) is 10.1 Å².